The highest BCUT2D eigenvalue weighted by Crippen LogP contribution is 2.38. The maximum atomic E-state index is 12.1. The molecule has 0 spiro atoms. The van der Waals surface area contributed by atoms with E-state index in [9.17, 15) is 9.59 Å². The molecule has 0 saturated carbocycles. The van der Waals surface area contributed by atoms with Crippen LogP contribution >= 0.6 is 0 Å². The Hall–Kier alpha value is -2.24. The number of imide groups is 1. The topological polar surface area (TPSA) is 76.7 Å². The summed E-state index contributed by atoms with van der Waals surface area (Å²) in [7, 11) is 0. The molecule has 2 aliphatic rings. The zero-order valence-electron chi connectivity index (χ0n) is 10.5. The van der Waals surface area contributed by atoms with Crippen LogP contribution in [0.3, 0.4) is 0 Å². The van der Waals surface area contributed by atoms with Crippen LogP contribution in [0.25, 0.3) is 0 Å². The molecule has 100 valence electrons. The van der Waals surface area contributed by atoms with Gasteiger partial charge in [-0.05, 0) is 24.1 Å². The Morgan fingerprint density at radius 1 is 1.26 bits per heavy atom. The van der Waals surface area contributed by atoms with Crippen molar-refractivity contribution in [3.8, 4) is 11.5 Å². The second-order valence-corrected chi connectivity index (χ2v) is 4.63. The second kappa shape index (κ2) is 4.15. The first-order chi connectivity index (χ1) is 9.15. The smallest absolute Gasteiger partial charge is 0.322 e. The average molecular weight is 262 g/mol. The molecule has 0 aromatic heterocycles. The van der Waals surface area contributed by atoms with Gasteiger partial charge < -0.3 is 14.8 Å². The second-order valence-electron chi connectivity index (χ2n) is 4.63. The SMILES string of the molecule is CCCC1(c2ccc3c(c2)OCO3)NC(=O)NC1=O. The van der Waals surface area contributed by atoms with Gasteiger partial charge in [0.2, 0.25) is 6.79 Å². The van der Waals surface area contributed by atoms with Crippen molar-refractivity contribution in [3.05, 3.63) is 23.8 Å². The van der Waals surface area contributed by atoms with Crippen molar-refractivity contribution in [3.63, 3.8) is 0 Å². The number of rotatable bonds is 3. The van der Waals surface area contributed by atoms with Crippen molar-refractivity contribution < 1.29 is 19.1 Å². The van der Waals surface area contributed by atoms with Crippen LogP contribution in [0.2, 0.25) is 0 Å². The molecule has 1 atom stereocenters. The summed E-state index contributed by atoms with van der Waals surface area (Å²) in [4.78, 5) is 23.6. The summed E-state index contributed by atoms with van der Waals surface area (Å²) in [5, 5.41) is 5.03. The number of benzene rings is 1. The Kier molecular flexibility index (Phi) is 2.58. The van der Waals surface area contributed by atoms with E-state index in [1.807, 2.05) is 6.92 Å². The summed E-state index contributed by atoms with van der Waals surface area (Å²) in [6.45, 7) is 2.14. The molecular weight excluding hydrogens is 248 g/mol. The minimum Gasteiger partial charge on any atom is -0.454 e. The van der Waals surface area contributed by atoms with Crippen molar-refractivity contribution in [2.24, 2.45) is 0 Å². The van der Waals surface area contributed by atoms with Gasteiger partial charge in [0.1, 0.15) is 5.54 Å². The summed E-state index contributed by atoms with van der Waals surface area (Å²) in [6, 6.07) is 4.83. The van der Waals surface area contributed by atoms with E-state index in [2.05, 4.69) is 10.6 Å². The fraction of sp³-hybridized carbons (Fsp3) is 0.385. The molecule has 6 heteroatoms. The van der Waals surface area contributed by atoms with E-state index in [0.29, 0.717) is 23.5 Å². The van der Waals surface area contributed by atoms with E-state index in [-0.39, 0.29) is 12.7 Å². The van der Waals surface area contributed by atoms with Crippen molar-refractivity contribution in [1.82, 2.24) is 10.6 Å². The molecule has 0 aliphatic carbocycles. The molecule has 1 unspecified atom stereocenters. The third-order valence-electron chi connectivity index (χ3n) is 3.43. The van der Waals surface area contributed by atoms with Gasteiger partial charge in [-0.1, -0.05) is 19.4 Å². The summed E-state index contributed by atoms with van der Waals surface area (Å²) in [5.41, 5.74) is -0.297. The fourth-order valence-electron chi connectivity index (χ4n) is 2.55. The van der Waals surface area contributed by atoms with Gasteiger partial charge in [0, 0.05) is 0 Å². The Balaban J connectivity index is 2.05. The molecule has 2 N–H and O–H groups in total. The lowest BCUT2D eigenvalue weighted by atomic mass is 9.85. The molecule has 0 radical (unpaired) electrons. The van der Waals surface area contributed by atoms with Crippen molar-refractivity contribution in [2.75, 3.05) is 6.79 Å². The molecule has 1 aromatic carbocycles. The largest absolute Gasteiger partial charge is 0.454 e. The number of carbonyl (C=O) groups excluding carboxylic acids is 2. The van der Waals surface area contributed by atoms with Crippen LogP contribution in [0, 0.1) is 0 Å². The highest BCUT2D eigenvalue weighted by atomic mass is 16.7. The highest BCUT2D eigenvalue weighted by Gasteiger charge is 2.47. The molecule has 1 fully saturated rings. The summed E-state index contributed by atoms with van der Waals surface area (Å²) in [5.74, 6) is 0.931. The molecule has 3 rings (SSSR count). The van der Waals surface area contributed by atoms with Crippen LogP contribution in [-0.4, -0.2) is 18.7 Å². The van der Waals surface area contributed by atoms with Crippen LogP contribution in [0.15, 0.2) is 18.2 Å². The minimum absolute atomic E-state index is 0.179. The molecule has 3 amide bonds. The Bertz CT molecular complexity index is 558. The molecule has 1 saturated heterocycles. The molecule has 2 aliphatic heterocycles. The van der Waals surface area contributed by atoms with E-state index < -0.39 is 11.6 Å². The van der Waals surface area contributed by atoms with Crippen LogP contribution in [0.5, 0.6) is 11.5 Å². The van der Waals surface area contributed by atoms with Gasteiger partial charge in [0.05, 0.1) is 0 Å². The van der Waals surface area contributed by atoms with Gasteiger partial charge in [-0.2, -0.15) is 0 Å². The quantitative estimate of drug-likeness (QED) is 0.804. The normalized spacial score (nSPS) is 24.3. The Labute approximate surface area is 110 Å². The molecule has 19 heavy (non-hydrogen) atoms. The number of hydrogen-bond acceptors (Lipinski definition) is 4. The highest BCUT2D eigenvalue weighted by molar-refractivity contribution is 6.07. The zero-order valence-corrected chi connectivity index (χ0v) is 10.5. The van der Waals surface area contributed by atoms with E-state index in [1.165, 1.54) is 0 Å². The van der Waals surface area contributed by atoms with E-state index >= 15 is 0 Å². The minimum atomic E-state index is -1.01. The van der Waals surface area contributed by atoms with E-state index in [1.54, 1.807) is 18.2 Å². The van der Waals surface area contributed by atoms with Crippen LogP contribution < -0.4 is 20.1 Å². The van der Waals surface area contributed by atoms with Crippen molar-refractivity contribution in [1.29, 1.82) is 0 Å². The first-order valence-corrected chi connectivity index (χ1v) is 6.19. The molecule has 2 heterocycles. The molecule has 0 bridgehead atoms. The monoisotopic (exact) mass is 262 g/mol. The first kappa shape index (κ1) is 11.8. The Morgan fingerprint density at radius 3 is 2.74 bits per heavy atom. The number of carbonyl (C=O) groups is 2. The Morgan fingerprint density at radius 2 is 2.05 bits per heavy atom. The zero-order chi connectivity index (χ0) is 13.5. The van der Waals surface area contributed by atoms with Gasteiger partial charge >= 0.3 is 6.03 Å². The number of urea groups is 1. The van der Waals surface area contributed by atoms with Gasteiger partial charge in [-0.15, -0.1) is 0 Å². The fourth-order valence-corrected chi connectivity index (χ4v) is 2.55. The number of ether oxygens (including phenoxy) is 2. The predicted octanol–water partition coefficient (Wildman–Crippen LogP) is 1.25. The number of amides is 3. The van der Waals surface area contributed by atoms with Gasteiger partial charge in [-0.3, -0.25) is 10.1 Å². The maximum Gasteiger partial charge on any atom is 0.322 e. The molecule has 6 nitrogen and oxygen atoms in total. The lowest BCUT2D eigenvalue weighted by molar-refractivity contribution is -0.124. The van der Waals surface area contributed by atoms with Gasteiger partial charge in [0.15, 0.2) is 11.5 Å². The third-order valence-corrected chi connectivity index (χ3v) is 3.43. The van der Waals surface area contributed by atoms with Crippen molar-refractivity contribution >= 4 is 11.9 Å². The summed E-state index contributed by atoms with van der Waals surface area (Å²) < 4.78 is 10.6. The molecular formula is C13H14N2O4. The van der Waals surface area contributed by atoms with Crippen LogP contribution in [0.4, 0.5) is 4.79 Å². The lowest BCUT2D eigenvalue weighted by Crippen LogP contribution is -2.43. The van der Waals surface area contributed by atoms with Crippen LogP contribution in [-0.2, 0) is 10.3 Å². The average Bonchev–Trinajstić information content (AvgIpc) is 2.94. The lowest BCUT2D eigenvalue weighted by Gasteiger charge is -2.26. The summed E-state index contributed by atoms with van der Waals surface area (Å²) in [6.07, 6.45) is 1.30. The van der Waals surface area contributed by atoms with Gasteiger partial charge in [-0.25, -0.2) is 4.79 Å². The molecule has 1 aromatic rings. The number of fused-ring (bicyclic) bond motifs is 1. The van der Waals surface area contributed by atoms with E-state index in [4.69, 9.17) is 9.47 Å². The standard InChI is InChI=1S/C13H14N2O4/c1-2-5-13(11(16)14-12(17)15-13)8-3-4-9-10(6-8)19-7-18-9/h3-4,6H,2,5,7H2,1H3,(H2,14,15,16,17). The third kappa shape index (κ3) is 1.71. The first-order valence-electron chi connectivity index (χ1n) is 6.19. The maximum absolute atomic E-state index is 12.1. The summed E-state index contributed by atoms with van der Waals surface area (Å²) >= 11 is 0. The number of nitrogens with one attached hydrogen (secondary N) is 2. The predicted molar refractivity (Wildman–Crippen MR) is 65.8 cm³/mol. The van der Waals surface area contributed by atoms with Crippen molar-refractivity contribution in [2.45, 2.75) is 25.3 Å². The van der Waals surface area contributed by atoms with Crippen LogP contribution in [0.1, 0.15) is 25.3 Å². The number of hydrogen-bond donors (Lipinski definition) is 2. The van der Waals surface area contributed by atoms with Gasteiger partial charge in [0.25, 0.3) is 5.91 Å². The van der Waals surface area contributed by atoms with E-state index in [0.717, 1.165) is 6.42 Å².